The van der Waals surface area contributed by atoms with Crippen LogP contribution in [0.15, 0.2) is 35.5 Å². The lowest BCUT2D eigenvalue weighted by molar-refractivity contribution is -0.0125. The monoisotopic (exact) mass is 332 g/mol. The highest BCUT2D eigenvalue weighted by Gasteiger charge is 2.51. The van der Waals surface area contributed by atoms with Crippen molar-refractivity contribution in [2.24, 2.45) is 17.3 Å². The zero-order chi connectivity index (χ0) is 17.3. The zero-order valence-corrected chi connectivity index (χ0v) is 14.9. The first-order valence-corrected chi connectivity index (χ1v) is 9.50. The first-order chi connectivity index (χ1) is 11.5. The normalized spacial score (nSPS) is 41.7. The van der Waals surface area contributed by atoms with E-state index in [1.807, 2.05) is 0 Å². The quantitative estimate of drug-likeness (QED) is 0.741. The van der Waals surface area contributed by atoms with Crippen molar-refractivity contribution in [3.05, 3.63) is 35.5 Å². The van der Waals surface area contributed by atoms with Crippen molar-refractivity contribution in [3.8, 4) is 0 Å². The molecule has 3 fully saturated rings. The van der Waals surface area contributed by atoms with Crippen molar-refractivity contribution in [1.29, 1.82) is 0 Å². The molecule has 5 atom stereocenters. The van der Waals surface area contributed by atoms with Gasteiger partial charge in [0.2, 0.25) is 0 Å². The standard InChI is InChI=1S/C21H32O3/c1-14-5-8-17(23)12-16(14)7-6-15-4-3-11-21(2)18(15)9-10-19(21)20(24)13-22/h6-7,17-20,22-24H,1,3-5,8-13H2,2H3/b15-6+,16-7-/t17-,18-,19+,20+,21-/m0/s1. The van der Waals surface area contributed by atoms with Gasteiger partial charge in [-0.15, -0.1) is 0 Å². The molecule has 3 aliphatic carbocycles. The smallest absolute Gasteiger partial charge is 0.0804 e. The van der Waals surface area contributed by atoms with E-state index in [9.17, 15) is 15.3 Å². The van der Waals surface area contributed by atoms with Gasteiger partial charge in [-0.25, -0.2) is 0 Å². The minimum Gasteiger partial charge on any atom is -0.394 e. The Hall–Kier alpha value is -0.900. The van der Waals surface area contributed by atoms with Gasteiger partial charge in [0, 0.05) is 0 Å². The Kier molecular flexibility index (Phi) is 5.33. The van der Waals surface area contributed by atoms with Crippen molar-refractivity contribution in [3.63, 3.8) is 0 Å². The summed E-state index contributed by atoms with van der Waals surface area (Å²) >= 11 is 0. The fraction of sp³-hybridized carbons (Fsp3) is 0.714. The van der Waals surface area contributed by atoms with Crippen molar-refractivity contribution in [2.75, 3.05) is 6.61 Å². The largest absolute Gasteiger partial charge is 0.394 e. The lowest BCUT2D eigenvalue weighted by Gasteiger charge is -2.43. The van der Waals surface area contributed by atoms with E-state index in [2.05, 4.69) is 25.7 Å². The third-order valence-electron chi connectivity index (χ3n) is 6.88. The number of aliphatic hydroxyl groups is 3. The van der Waals surface area contributed by atoms with Gasteiger partial charge in [-0.05, 0) is 74.2 Å². The minimum absolute atomic E-state index is 0.105. The van der Waals surface area contributed by atoms with E-state index in [1.54, 1.807) is 0 Å². The Morgan fingerprint density at radius 2 is 2.04 bits per heavy atom. The molecule has 0 aromatic heterocycles. The molecule has 0 aromatic rings. The lowest BCUT2D eigenvalue weighted by Crippen LogP contribution is -2.40. The molecule has 0 unspecified atom stereocenters. The summed E-state index contributed by atoms with van der Waals surface area (Å²) in [7, 11) is 0. The van der Waals surface area contributed by atoms with Crippen LogP contribution >= 0.6 is 0 Å². The van der Waals surface area contributed by atoms with Crippen LogP contribution in [0, 0.1) is 17.3 Å². The van der Waals surface area contributed by atoms with Gasteiger partial charge in [-0.2, -0.15) is 0 Å². The average molecular weight is 332 g/mol. The summed E-state index contributed by atoms with van der Waals surface area (Å²) < 4.78 is 0. The summed E-state index contributed by atoms with van der Waals surface area (Å²) in [5.41, 5.74) is 3.94. The molecule has 0 amide bonds. The third kappa shape index (κ3) is 3.26. The van der Waals surface area contributed by atoms with Gasteiger partial charge >= 0.3 is 0 Å². The Balaban J connectivity index is 1.81. The van der Waals surface area contributed by atoms with Crippen molar-refractivity contribution in [2.45, 2.75) is 70.5 Å². The van der Waals surface area contributed by atoms with Gasteiger partial charge < -0.3 is 15.3 Å². The predicted octanol–water partition coefficient (Wildman–Crippen LogP) is 3.51. The molecule has 3 N–H and O–H groups in total. The summed E-state index contributed by atoms with van der Waals surface area (Å²) in [6.07, 6.45) is 11.6. The molecule has 0 spiro atoms. The average Bonchev–Trinajstić information content (AvgIpc) is 2.92. The highest BCUT2D eigenvalue weighted by atomic mass is 16.3. The second-order valence-electron chi connectivity index (χ2n) is 8.28. The number of hydrogen-bond donors (Lipinski definition) is 3. The molecular weight excluding hydrogens is 300 g/mol. The van der Waals surface area contributed by atoms with E-state index >= 15 is 0 Å². The van der Waals surface area contributed by atoms with Crippen LogP contribution in [0.5, 0.6) is 0 Å². The molecule has 0 bridgehead atoms. The van der Waals surface area contributed by atoms with Crippen LogP contribution in [0.25, 0.3) is 0 Å². The Morgan fingerprint density at radius 3 is 2.79 bits per heavy atom. The second kappa shape index (κ2) is 7.15. The van der Waals surface area contributed by atoms with E-state index in [4.69, 9.17) is 0 Å². The van der Waals surface area contributed by atoms with Gasteiger partial charge in [-0.1, -0.05) is 36.8 Å². The number of hydrogen-bond acceptors (Lipinski definition) is 3. The summed E-state index contributed by atoms with van der Waals surface area (Å²) in [4.78, 5) is 0. The maximum atomic E-state index is 10.2. The molecule has 3 aliphatic rings. The zero-order valence-electron chi connectivity index (χ0n) is 14.9. The van der Waals surface area contributed by atoms with Crippen LogP contribution < -0.4 is 0 Å². The maximum absolute atomic E-state index is 10.2. The van der Waals surface area contributed by atoms with Crippen molar-refractivity contribution < 1.29 is 15.3 Å². The second-order valence-corrected chi connectivity index (χ2v) is 8.28. The first kappa shape index (κ1) is 17.9. The summed E-state index contributed by atoms with van der Waals surface area (Å²) in [6, 6.07) is 0. The molecule has 3 saturated carbocycles. The summed E-state index contributed by atoms with van der Waals surface area (Å²) in [6.45, 7) is 6.32. The van der Waals surface area contributed by atoms with Gasteiger partial charge in [0.25, 0.3) is 0 Å². The number of rotatable bonds is 3. The van der Waals surface area contributed by atoms with E-state index in [1.165, 1.54) is 11.1 Å². The van der Waals surface area contributed by atoms with Crippen LogP contribution in [0.4, 0.5) is 0 Å². The predicted molar refractivity (Wildman–Crippen MR) is 96.4 cm³/mol. The van der Waals surface area contributed by atoms with Gasteiger partial charge in [-0.3, -0.25) is 0 Å². The van der Waals surface area contributed by atoms with Gasteiger partial charge in [0.1, 0.15) is 0 Å². The molecule has 0 heterocycles. The molecule has 24 heavy (non-hydrogen) atoms. The van der Waals surface area contributed by atoms with Crippen LogP contribution in [0.1, 0.15) is 58.3 Å². The third-order valence-corrected chi connectivity index (χ3v) is 6.88. The lowest BCUT2D eigenvalue weighted by atomic mass is 9.62. The summed E-state index contributed by atoms with van der Waals surface area (Å²) in [5.74, 6) is 0.714. The van der Waals surface area contributed by atoms with E-state index in [0.29, 0.717) is 5.92 Å². The van der Waals surface area contributed by atoms with Gasteiger partial charge in [0.05, 0.1) is 18.8 Å². The molecule has 0 aromatic carbocycles. The highest BCUT2D eigenvalue weighted by Crippen LogP contribution is 2.58. The van der Waals surface area contributed by atoms with E-state index < -0.39 is 6.10 Å². The molecule has 0 aliphatic heterocycles. The van der Waals surface area contributed by atoms with Crippen LogP contribution in [0.2, 0.25) is 0 Å². The maximum Gasteiger partial charge on any atom is 0.0804 e. The molecule has 134 valence electrons. The molecular formula is C21H32O3. The number of aliphatic hydroxyl groups excluding tert-OH is 3. The van der Waals surface area contributed by atoms with Crippen LogP contribution in [0.3, 0.4) is 0 Å². The topological polar surface area (TPSA) is 60.7 Å². The number of allylic oxidation sites excluding steroid dienone is 4. The molecule has 3 rings (SSSR count). The van der Waals surface area contributed by atoms with Crippen LogP contribution in [-0.2, 0) is 0 Å². The number of fused-ring (bicyclic) bond motifs is 1. The van der Waals surface area contributed by atoms with Crippen molar-refractivity contribution in [1.82, 2.24) is 0 Å². The van der Waals surface area contributed by atoms with Crippen LogP contribution in [-0.4, -0.2) is 34.1 Å². The Labute approximate surface area is 145 Å². The first-order valence-electron chi connectivity index (χ1n) is 9.50. The van der Waals surface area contributed by atoms with E-state index in [0.717, 1.165) is 56.9 Å². The minimum atomic E-state index is -0.592. The van der Waals surface area contributed by atoms with Gasteiger partial charge in [0.15, 0.2) is 0 Å². The SMILES string of the molecule is C=C1CC[C@H](O)C/C1=C/C=C1\CCC[C@]2(C)[C@@H]([C@H](O)CO)CC[C@@H]12. The fourth-order valence-corrected chi connectivity index (χ4v) is 5.43. The summed E-state index contributed by atoms with van der Waals surface area (Å²) in [5, 5.41) is 29.5. The molecule has 0 saturated heterocycles. The van der Waals surface area contributed by atoms with Crippen molar-refractivity contribution >= 4 is 0 Å². The Morgan fingerprint density at radius 1 is 1.25 bits per heavy atom. The fourth-order valence-electron chi connectivity index (χ4n) is 5.43. The molecule has 3 heteroatoms. The van der Waals surface area contributed by atoms with E-state index in [-0.39, 0.29) is 24.0 Å². The molecule has 3 nitrogen and oxygen atoms in total. The molecule has 0 radical (unpaired) electrons. The highest BCUT2D eigenvalue weighted by molar-refractivity contribution is 5.36. The Bertz CT molecular complexity index is 547.